The van der Waals surface area contributed by atoms with E-state index in [4.69, 9.17) is 5.73 Å². The minimum atomic E-state index is 0.618. The second-order valence-electron chi connectivity index (χ2n) is 3.31. The maximum Gasteiger partial charge on any atom is 0.180 e. The Morgan fingerprint density at radius 1 is 1.33 bits per heavy atom. The van der Waals surface area contributed by atoms with E-state index in [1.807, 2.05) is 22.8 Å². The summed E-state index contributed by atoms with van der Waals surface area (Å²) >= 11 is 3.28. The third-order valence-electron chi connectivity index (χ3n) is 2.05. The van der Waals surface area contributed by atoms with Crippen molar-refractivity contribution in [3.63, 3.8) is 0 Å². The lowest BCUT2D eigenvalue weighted by Gasteiger charge is -1.87. The predicted molar refractivity (Wildman–Crippen MR) is 69.2 cm³/mol. The molecular formula is C11H12N2S2. The van der Waals surface area contributed by atoms with E-state index in [-0.39, 0.29) is 0 Å². The first-order chi connectivity index (χ1) is 7.15. The molecule has 0 atom stereocenters. The number of nitrogens with zero attached hydrogens (tertiary/aromatic N) is 1. The first-order valence-electron chi connectivity index (χ1n) is 4.61. The number of anilines is 1. The monoisotopic (exact) mass is 236 g/mol. The molecule has 2 N–H and O–H groups in total. The van der Waals surface area contributed by atoms with Crippen LogP contribution in [0, 0.1) is 13.8 Å². The molecule has 2 nitrogen and oxygen atoms in total. The predicted octanol–water partition coefficient (Wildman–Crippen LogP) is 3.57. The minimum absolute atomic E-state index is 0.618. The van der Waals surface area contributed by atoms with Crippen molar-refractivity contribution in [2.45, 2.75) is 13.8 Å². The van der Waals surface area contributed by atoms with E-state index in [0.29, 0.717) is 5.13 Å². The van der Waals surface area contributed by atoms with E-state index in [1.165, 1.54) is 26.7 Å². The van der Waals surface area contributed by atoms with E-state index in [0.717, 1.165) is 5.69 Å². The number of aryl methyl sites for hydroxylation is 2. The number of hydrogen-bond donors (Lipinski definition) is 1. The third kappa shape index (κ3) is 2.46. The number of nitrogens with two attached hydrogens (primary N) is 1. The Bertz CT molecular complexity index is 494. The second kappa shape index (κ2) is 4.16. The molecule has 2 aromatic rings. The van der Waals surface area contributed by atoms with E-state index < -0.39 is 0 Å². The molecular weight excluding hydrogens is 224 g/mol. The SMILES string of the molecule is Cc1cc(C=Cc2csc(N)n2)c(C)s1. The van der Waals surface area contributed by atoms with Crippen LogP contribution in [0.1, 0.15) is 21.0 Å². The molecule has 2 aromatic heterocycles. The van der Waals surface area contributed by atoms with E-state index in [1.54, 1.807) is 0 Å². The smallest absolute Gasteiger partial charge is 0.180 e. The molecule has 2 rings (SSSR count). The molecule has 2 heterocycles. The van der Waals surface area contributed by atoms with Crippen LogP contribution in [-0.2, 0) is 0 Å². The maximum absolute atomic E-state index is 5.56. The van der Waals surface area contributed by atoms with Crippen LogP contribution < -0.4 is 5.73 Å². The van der Waals surface area contributed by atoms with Crippen molar-refractivity contribution in [1.82, 2.24) is 4.98 Å². The Kier molecular flexibility index (Phi) is 2.88. The summed E-state index contributed by atoms with van der Waals surface area (Å²) in [6.45, 7) is 4.25. The van der Waals surface area contributed by atoms with Crippen molar-refractivity contribution < 1.29 is 0 Å². The van der Waals surface area contributed by atoms with Crippen LogP contribution in [0.25, 0.3) is 12.2 Å². The summed E-state index contributed by atoms with van der Waals surface area (Å²) in [6, 6.07) is 2.19. The van der Waals surface area contributed by atoms with Crippen molar-refractivity contribution in [3.8, 4) is 0 Å². The molecule has 0 aromatic carbocycles. The van der Waals surface area contributed by atoms with E-state index in [9.17, 15) is 0 Å². The normalized spacial score (nSPS) is 11.3. The number of thiazole rings is 1. The van der Waals surface area contributed by atoms with Gasteiger partial charge in [0.05, 0.1) is 5.69 Å². The van der Waals surface area contributed by atoms with Gasteiger partial charge < -0.3 is 5.73 Å². The standard InChI is InChI=1S/C11H12N2S2/c1-7-5-9(8(2)15-7)3-4-10-6-14-11(12)13-10/h3-6H,1-2H3,(H2,12,13). The van der Waals surface area contributed by atoms with Gasteiger partial charge in [0, 0.05) is 15.1 Å². The van der Waals surface area contributed by atoms with Crippen molar-refractivity contribution in [2.75, 3.05) is 5.73 Å². The zero-order chi connectivity index (χ0) is 10.8. The molecule has 78 valence electrons. The van der Waals surface area contributed by atoms with Gasteiger partial charge in [-0.2, -0.15) is 0 Å². The van der Waals surface area contributed by atoms with E-state index >= 15 is 0 Å². The molecule has 0 aliphatic carbocycles. The first kappa shape index (κ1) is 10.4. The second-order valence-corrected chi connectivity index (χ2v) is 5.66. The van der Waals surface area contributed by atoms with Crippen LogP contribution >= 0.6 is 22.7 Å². The number of thiophene rings is 1. The highest BCUT2D eigenvalue weighted by atomic mass is 32.1. The highest BCUT2D eigenvalue weighted by molar-refractivity contribution is 7.13. The van der Waals surface area contributed by atoms with E-state index in [2.05, 4.69) is 31.0 Å². The lowest BCUT2D eigenvalue weighted by Crippen LogP contribution is -1.80. The average molecular weight is 236 g/mol. The molecule has 0 saturated carbocycles. The Labute approximate surface area is 97.1 Å². The van der Waals surface area contributed by atoms with Crippen molar-refractivity contribution in [2.24, 2.45) is 0 Å². The van der Waals surface area contributed by atoms with Crippen molar-refractivity contribution >= 4 is 40.0 Å². The average Bonchev–Trinajstić information content (AvgIpc) is 2.70. The van der Waals surface area contributed by atoms with Gasteiger partial charge in [-0.05, 0) is 31.6 Å². The quantitative estimate of drug-likeness (QED) is 0.865. The van der Waals surface area contributed by atoms with Crippen LogP contribution in [0.5, 0.6) is 0 Å². The Hall–Kier alpha value is -1.13. The lowest BCUT2D eigenvalue weighted by molar-refractivity contribution is 1.39. The van der Waals surface area contributed by atoms with Gasteiger partial charge in [-0.15, -0.1) is 22.7 Å². The van der Waals surface area contributed by atoms with Crippen LogP contribution in [0.3, 0.4) is 0 Å². The summed E-state index contributed by atoms with van der Waals surface area (Å²) in [4.78, 5) is 6.85. The topological polar surface area (TPSA) is 38.9 Å². The zero-order valence-corrected chi connectivity index (χ0v) is 10.3. The van der Waals surface area contributed by atoms with Crippen molar-refractivity contribution in [3.05, 3.63) is 32.5 Å². The summed E-state index contributed by atoms with van der Waals surface area (Å²) in [5.74, 6) is 0. The molecule has 0 radical (unpaired) electrons. The van der Waals surface area contributed by atoms with Crippen LogP contribution in [-0.4, -0.2) is 4.98 Å². The molecule has 0 aliphatic rings. The molecule has 15 heavy (non-hydrogen) atoms. The number of aromatic nitrogens is 1. The molecule has 0 saturated heterocycles. The summed E-state index contributed by atoms with van der Waals surface area (Å²) in [5.41, 5.74) is 7.76. The largest absolute Gasteiger partial charge is 0.375 e. The number of nitrogen functional groups attached to an aromatic ring is 1. The van der Waals surface area contributed by atoms with Crippen LogP contribution in [0.4, 0.5) is 5.13 Å². The van der Waals surface area contributed by atoms with Crippen LogP contribution in [0.15, 0.2) is 11.4 Å². The van der Waals surface area contributed by atoms with Gasteiger partial charge in [0.25, 0.3) is 0 Å². The highest BCUT2D eigenvalue weighted by Gasteiger charge is 1.99. The summed E-state index contributed by atoms with van der Waals surface area (Å²) in [6.07, 6.45) is 4.09. The molecule has 0 unspecified atom stereocenters. The Morgan fingerprint density at radius 2 is 2.13 bits per heavy atom. The summed E-state index contributed by atoms with van der Waals surface area (Å²) < 4.78 is 0. The molecule has 0 bridgehead atoms. The molecule has 0 spiro atoms. The zero-order valence-electron chi connectivity index (χ0n) is 8.65. The summed E-state index contributed by atoms with van der Waals surface area (Å²) in [7, 11) is 0. The molecule has 0 amide bonds. The third-order valence-corrected chi connectivity index (χ3v) is 3.73. The fraction of sp³-hybridized carbons (Fsp3) is 0.182. The van der Waals surface area contributed by atoms with Crippen molar-refractivity contribution in [1.29, 1.82) is 0 Å². The molecule has 0 fully saturated rings. The maximum atomic E-state index is 5.56. The molecule has 0 aliphatic heterocycles. The van der Waals surface area contributed by atoms with Gasteiger partial charge in [-0.1, -0.05) is 6.08 Å². The van der Waals surface area contributed by atoms with Gasteiger partial charge in [0.2, 0.25) is 0 Å². The Morgan fingerprint density at radius 3 is 2.67 bits per heavy atom. The van der Waals surface area contributed by atoms with Crippen LogP contribution in [0.2, 0.25) is 0 Å². The van der Waals surface area contributed by atoms with Gasteiger partial charge in [0.15, 0.2) is 5.13 Å². The van der Waals surface area contributed by atoms with Gasteiger partial charge in [-0.3, -0.25) is 0 Å². The highest BCUT2D eigenvalue weighted by Crippen LogP contribution is 2.23. The summed E-state index contributed by atoms with van der Waals surface area (Å²) in [5, 5.41) is 2.58. The van der Waals surface area contributed by atoms with Gasteiger partial charge in [0.1, 0.15) is 0 Å². The fourth-order valence-electron chi connectivity index (χ4n) is 1.37. The number of rotatable bonds is 2. The fourth-order valence-corrected chi connectivity index (χ4v) is 2.81. The minimum Gasteiger partial charge on any atom is -0.375 e. The Balaban J connectivity index is 2.21. The van der Waals surface area contributed by atoms with Gasteiger partial charge >= 0.3 is 0 Å². The molecule has 4 heteroatoms. The first-order valence-corrected chi connectivity index (χ1v) is 6.31. The van der Waals surface area contributed by atoms with Gasteiger partial charge in [-0.25, -0.2) is 4.98 Å². The number of hydrogen-bond acceptors (Lipinski definition) is 4. The lowest BCUT2D eigenvalue weighted by atomic mass is 10.2.